The summed E-state index contributed by atoms with van der Waals surface area (Å²) in [5, 5.41) is 12.3. The summed E-state index contributed by atoms with van der Waals surface area (Å²) in [5.74, 6) is 0. The lowest BCUT2D eigenvalue weighted by Crippen LogP contribution is -2.43. The van der Waals surface area contributed by atoms with Crippen LogP contribution < -0.4 is 5.32 Å². The summed E-state index contributed by atoms with van der Waals surface area (Å²) in [6, 6.07) is 13.7. The van der Waals surface area contributed by atoms with Crippen molar-refractivity contribution in [1.29, 1.82) is 0 Å². The van der Waals surface area contributed by atoms with E-state index in [1.54, 1.807) is 11.1 Å². The minimum atomic E-state index is -0.161. The van der Waals surface area contributed by atoms with Gasteiger partial charge in [-0.2, -0.15) is 0 Å². The Kier molecular flexibility index (Phi) is 4.88. The van der Waals surface area contributed by atoms with E-state index in [9.17, 15) is 9.90 Å². The number of carbonyl (C=O) groups is 1. The van der Waals surface area contributed by atoms with Gasteiger partial charge in [0.05, 0.1) is 24.9 Å². The zero-order valence-electron chi connectivity index (χ0n) is 13.0. The summed E-state index contributed by atoms with van der Waals surface area (Å²) in [4.78, 5) is 18.5. The van der Waals surface area contributed by atoms with Crippen LogP contribution in [0.15, 0.2) is 48.7 Å². The second-order valence-corrected chi connectivity index (χ2v) is 5.65. The number of nitrogens with one attached hydrogen (secondary N) is 1. The molecule has 2 aromatic rings. The Morgan fingerprint density at radius 3 is 2.87 bits per heavy atom. The van der Waals surface area contributed by atoms with Crippen LogP contribution in [-0.2, 0) is 13.0 Å². The van der Waals surface area contributed by atoms with Gasteiger partial charge in [-0.1, -0.05) is 30.3 Å². The highest BCUT2D eigenvalue weighted by Crippen LogP contribution is 2.35. The van der Waals surface area contributed by atoms with Crippen molar-refractivity contribution in [3.05, 3.63) is 65.5 Å². The molecular formula is C18H21N3O2. The number of hydrogen-bond acceptors (Lipinski definition) is 3. The fourth-order valence-electron chi connectivity index (χ4n) is 3.14. The van der Waals surface area contributed by atoms with Crippen molar-refractivity contribution in [3.8, 4) is 0 Å². The van der Waals surface area contributed by atoms with Gasteiger partial charge in [-0.05, 0) is 36.1 Å². The number of carbonyl (C=O) groups excluding carboxylic acids is 1. The highest BCUT2D eigenvalue weighted by molar-refractivity contribution is 5.75. The summed E-state index contributed by atoms with van der Waals surface area (Å²) < 4.78 is 0. The van der Waals surface area contributed by atoms with E-state index in [-0.39, 0.29) is 18.7 Å². The molecule has 0 saturated carbocycles. The first-order valence-corrected chi connectivity index (χ1v) is 7.92. The molecule has 0 fully saturated rings. The van der Waals surface area contributed by atoms with E-state index >= 15 is 0 Å². The van der Waals surface area contributed by atoms with Crippen LogP contribution in [0.4, 0.5) is 4.79 Å². The maximum atomic E-state index is 12.6. The number of pyridine rings is 1. The van der Waals surface area contributed by atoms with Gasteiger partial charge in [0, 0.05) is 12.7 Å². The molecule has 5 heteroatoms. The van der Waals surface area contributed by atoms with Gasteiger partial charge in [0.25, 0.3) is 0 Å². The largest absolute Gasteiger partial charge is 0.395 e. The first kappa shape index (κ1) is 15.5. The predicted molar refractivity (Wildman–Crippen MR) is 87.8 cm³/mol. The molecule has 1 atom stereocenters. The van der Waals surface area contributed by atoms with Crippen LogP contribution in [0, 0.1) is 0 Å². The molecule has 0 radical (unpaired) electrons. The maximum Gasteiger partial charge on any atom is 0.318 e. The SMILES string of the molecule is O=C(NCc1ccccn1)N(CCO)C1CCc2ccccc21. The van der Waals surface area contributed by atoms with Crippen molar-refractivity contribution in [1.82, 2.24) is 15.2 Å². The molecule has 1 aliphatic carbocycles. The van der Waals surface area contributed by atoms with Gasteiger partial charge in [0.15, 0.2) is 0 Å². The summed E-state index contributed by atoms with van der Waals surface area (Å²) in [7, 11) is 0. The molecule has 1 aliphatic rings. The topological polar surface area (TPSA) is 65.5 Å². The lowest BCUT2D eigenvalue weighted by atomic mass is 10.1. The number of hydrogen-bond donors (Lipinski definition) is 2. The number of aliphatic hydroxyl groups is 1. The highest BCUT2D eigenvalue weighted by atomic mass is 16.3. The first-order chi connectivity index (χ1) is 11.3. The second-order valence-electron chi connectivity index (χ2n) is 5.65. The Balaban J connectivity index is 1.70. The molecule has 0 bridgehead atoms. The van der Waals surface area contributed by atoms with Crippen molar-refractivity contribution in [2.24, 2.45) is 0 Å². The van der Waals surface area contributed by atoms with Crippen LogP contribution in [0.1, 0.15) is 29.3 Å². The van der Waals surface area contributed by atoms with E-state index in [2.05, 4.69) is 22.4 Å². The Bertz CT molecular complexity index is 660. The van der Waals surface area contributed by atoms with Crippen LogP contribution in [0.25, 0.3) is 0 Å². The summed E-state index contributed by atoms with van der Waals surface area (Å²) in [6.45, 7) is 0.665. The fourth-order valence-corrected chi connectivity index (χ4v) is 3.14. The molecule has 120 valence electrons. The van der Waals surface area contributed by atoms with E-state index in [0.29, 0.717) is 13.1 Å². The lowest BCUT2D eigenvalue weighted by Gasteiger charge is -2.29. The van der Waals surface area contributed by atoms with Gasteiger partial charge >= 0.3 is 6.03 Å². The van der Waals surface area contributed by atoms with E-state index < -0.39 is 0 Å². The minimum absolute atomic E-state index is 0.0297. The number of benzene rings is 1. The number of nitrogens with zero attached hydrogens (tertiary/aromatic N) is 2. The standard InChI is InChI=1S/C18H21N3O2/c22-12-11-21(17-9-8-14-5-1-2-7-16(14)17)18(23)20-13-15-6-3-4-10-19-15/h1-7,10,17,22H,8-9,11-13H2,(H,20,23). The number of fused-ring (bicyclic) bond motifs is 1. The van der Waals surface area contributed by atoms with E-state index in [1.807, 2.05) is 30.3 Å². The molecule has 0 aliphatic heterocycles. The van der Waals surface area contributed by atoms with Crippen LogP contribution in [0.5, 0.6) is 0 Å². The van der Waals surface area contributed by atoms with E-state index in [4.69, 9.17) is 0 Å². The molecule has 23 heavy (non-hydrogen) atoms. The Morgan fingerprint density at radius 2 is 2.09 bits per heavy atom. The normalized spacial score (nSPS) is 16.0. The smallest absolute Gasteiger partial charge is 0.318 e. The molecule has 1 aromatic heterocycles. The van der Waals surface area contributed by atoms with Gasteiger partial charge in [-0.3, -0.25) is 4.98 Å². The number of amides is 2. The van der Waals surface area contributed by atoms with Crippen molar-refractivity contribution < 1.29 is 9.90 Å². The monoisotopic (exact) mass is 311 g/mol. The van der Waals surface area contributed by atoms with Crippen molar-refractivity contribution in [3.63, 3.8) is 0 Å². The Morgan fingerprint density at radius 1 is 1.26 bits per heavy atom. The fraction of sp³-hybridized carbons (Fsp3) is 0.333. The van der Waals surface area contributed by atoms with Gasteiger partial charge in [-0.15, -0.1) is 0 Å². The van der Waals surface area contributed by atoms with Gasteiger partial charge in [0.1, 0.15) is 0 Å². The third-order valence-corrected chi connectivity index (χ3v) is 4.23. The quantitative estimate of drug-likeness (QED) is 0.890. The molecule has 0 spiro atoms. The average Bonchev–Trinajstić information content (AvgIpc) is 3.02. The molecule has 1 unspecified atom stereocenters. The third kappa shape index (κ3) is 3.51. The van der Waals surface area contributed by atoms with Gasteiger partial charge < -0.3 is 15.3 Å². The van der Waals surface area contributed by atoms with Crippen LogP contribution in [0.3, 0.4) is 0 Å². The molecule has 2 amide bonds. The summed E-state index contributed by atoms with van der Waals surface area (Å²) in [6.07, 6.45) is 3.58. The molecule has 5 nitrogen and oxygen atoms in total. The number of aromatic nitrogens is 1. The number of aliphatic hydroxyl groups excluding tert-OH is 1. The van der Waals surface area contributed by atoms with E-state index in [1.165, 1.54) is 11.1 Å². The minimum Gasteiger partial charge on any atom is -0.395 e. The molecule has 1 heterocycles. The van der Waals surface area contributed by atoms with Gasteiger partial charge in [0.2, 0.25) is 0 Å². The second kappa shape index (κ2) is 7.24. The highest BCUT2D eigenvalue weighted by Gasteiger charge is 2.30. The van der Waals surface area contributed by atoms with E-state index in [0.717, 1.165) is 18.5 Å². The number of rotatable bonds is 5. The molecule has 0 saturated heterocycles. The molecule has 3 rings (SSSR count). The van der Waals surface area contributed by atoms with Crippen LogP contribution in [0.2, 0.25) is 0 Å². The Hall–Kier alpha value is -2.40. The zero-order valence-corrected chi connectivity index (χ0v) is 13.0. The molecular weight excluding hydrogens is 290 g/mol. The van der Waals surface area contributed by atoms with Crippen LogP contribution >= 0.6 is 0 Å². The van der Waals surface area contributed by atoms with Crippen molar-refractivity contribution >= 4 is 6.03 Å². The molecule has 1 aromatic carbocycles. The maximum absolute atomic E-state index is 12.6. The number of urea groups is 1. The average molecular weight is 311 g/mol. The van der Waals surface area contributed by atoms with Gasteiger partial charge in [-0.25, -0.2) is 4.79 Å². The Labute approximate surface area is 136 Å². The molecule has 2 N–H and O–H groups in total. The predicted octanol–water partition coefficient (Wildman–Crippen LogP) is 2.27. The van der Waals surface area contributed by atoms with Crippen molar-refractivity contribution in [2.75, 3.05) is 13.2 Å². The zero-order chi connectivity index (χ0) is 16.1. The first-order valence-electron chi connectivity index (χ1n) is 7.92. The van der Waals surface area contributed by atoms with Crippen LogP contribution in [-0.4, -0.2) is 34.2 Å². The lowest BCUT2D eigenvalue weighted by molar-refractivity contribution is 0.151. The van der Waals surface area contributed by atoms with Crippen molar-refractivity contribution in [2.45, 2.75) is 25.4 Å². The summed E-state index contributed by atoms with van der Waals surface area (Å²) in [5.41, 5.74) is 3.29. The number of aryl methyl sites for hydroxylation is 1. The summed E-state index contributed by atoms with van der Waals surface area (Å²) >= 11 is 0. The third-order valence-electron chi connectivity index (χ3n) is 4.23.